The topological polar surface area (TPSA) is 99.9 Å². The SMILES string of the molecule is COc1ccc(C(=O)N[C@H](c2ccc3c(c2)OCCO3)C(C)C)cc1[N+](=O)[O-]. The van der Waals surface area contributed by atoms with Crippen LogP contribution in [0.4, 0.5) is 5.69 Å². The van der Waals surface area contributed by atoms with Gasteiger partial charge in [-0.2, -0.15) is 0 Å². The highest BCUT2D eigenvalue weighted by atomic mass is 16.6. The van der Waals surface area contributed by atoms with E-state index in [2.05, 4.69) is 5.32 Å². The summed E-state index contributed by atoms with van der Waals surface area (Å²) in [4.78, 5) is 23.4. The molecule has 0 bridgehead atoms. The summed E-state index contributed by atoms with van der Waals surface area (Å²) in [5.41, 5.74) is 0.807. The van der Waals surface area contributed by atoms with Crippen LogP contribution in [0.5, 0.6) is 17.2 Å². The third kappa shape index (κ3) is 4.00. The van der Waals surface area contributed by atoms with Crippen LogP contribution in [0, 0.1) is 16.0 Å². The molecule has 1 heterocycles. The number of carbonyl (C=O) groups excluding carboxylic acids is 1. The van der Waals surface area contributed by atoms with Gasteiger partial charge >= 0.3 is 5.69 Å². The number of amides is 1. The van der Waals surface area contributed by atoms with Crippen molar-refractivity contribution in [2.24, 2.45) is 5.92 Å². The number of benzene rings is 2. The maximum atomic E-state index is 12.8. The number of nitrogens with one attached hydrogen (secondary N) is 1. The Kier molecular flexibility index (Phi) is 5.67. The molecule has 1 aliphatic heterocycles. The predicted molar refractivity (Wildman–Crippen MR) is 102 cm³/mol. The average molecular weight is 386 g/mol. The number of nitro benzene ring substituents is 1. The molecule has 1 amide bonds. The first-order chi connectivity index (χ1) is 13.4. The third-order valence-corrected chi connectivity index (χ3v) is 4.52. The van der Waals surface area contributed by atoms with Gasteiger partial charge in [0.1, 0.15) is 13.2 Å². The Hall–Kier alpha value is -3.29. The molecular weight excluding hydrogens is 364 g/mol. The van der Waals surface area contributed by atoms with Crippen LogP contribution in [0.15, 0.2) is 36.4 Å². The van der Waals surface area contributed by atoms with Gasteiger partial charge in [0.25, 0.3) is 5.91 Å². The number of ether oxygens (including phenoxy) is 3. The monoisotopic (exact) mass is 386 g/mol. The zero-order chi connectivity index (χ0) is 20.3. The van der Waals surface area contributed by atoms with Gasteiger partial charge in [-0.1, -0.05) is 19.9 Å². The van der Waals surface area contributed by atoms with Crippen molar-refractivity contribution in [2.45, 2.75) is 19.9 Å². The highest BCUT2D eigenvalue weighted by Gasteiger charge is 2.24. The lowest BCUT2D eigenvalue weighted by atomic mass is 9.95. The van der Waals surface area contributed by atoms with Crippen LogP contribution in [0.2, 0.25) is 0 Å². The van der Waals surface area contributed by atoms with Crippen molar-refractivity contribution < 1.29 is 23.9 Å². The van der Waals surface area contributed by atoms with Crippen molar-refractivity contribution in [2.75, 3.05) is 20.3 Å². The largest absolute Gasteiger partial charge is 0.490 e. The fourth-order valence-corrected chi connectivity index (χ4v) is 3.09. The number of fused-ring (bicyclic) bond motifs is 1. The quantitative estimate of drug-likeness (QED) is 0.602. The number of hydrogen-bond donors (Lipinski definition) is 1. The Morgan fingerprint density at radius 2 is 1.86 bits per heavy atom. The van der Waals surface area contributed by atoms with E-state index in [1.807, 2.05) is 32.0 Å². The Morgan fingerprint density at radius 1 is 1.14 bits per heavy atom. The van der Waals surface area contributed by atoms with Gasteiger partial charge in [0.2, 0.25) is 0 Å². The maximum Gasteiger partial charge on any atom is 0.311 e. The van der Waals surface area contributed by atoms with Crippen LogP contribution < -0.4 is 19.5 Å². The lowest BCUT2D eigenvalue weighted by molar-refractivity contribution is -0.385. The summed E-state index contributed by atoms with van der Waals surface area (Å²) < 4.78 is 16.1. The lowest BCUT2D eigenvalue weighted by Crippen LogP contribution is -2.32. The molecule has 28 heavy (non-hydrogen) atoms. The van der Waals surface area contributed by atoms with Crippen LogP contribution in [0.3, 0.4) is 0 Å². The summed E-state index contributed by atoms with van der Waals surface area (Å²) >= 11 is 0. The molecule has 0 unspecified atom stereocenters. The molecule has 0 aromatic heterocycles. The summed E-state index contributed by atoms with van der Waals surface area (Å²) in [6.45, 7) is 4.95. The van der Waals surface area contributed by atoms with Gasteiger partial charge in [-0.15, -0.1) is 0 Å². The molecule has 2 aromatic carbocycles. The van der Waals surface area contributed by atoms with E-state index in [4.69, 9.17) is 14.2 Å². The van der Waals surface area contributed by atoms with Gasteiger partial charge in [-0.05, 0) is 35.7 Å². The third-order valence-electron chi connectivity index (χ3n) is 4.52. The molecule has 2 aromatic rings. The molecule has 0 spiro atoms. The van der Waals surface area contributed by atoms with Crippen LogP contribution >= 0.6 is 0 Å². The fraction of sp³-hybridized carbons (Fsp3) is 0.350. The highest BCUT2D eigenvalue weighted by molar-refractivity contribution is 5.95. The Balaban J connectivity index is 1.86. The smallest absolute Gasteiger partial charge is 0.311 e. The molecule has 0 saturated heterocycles. The van der Waals surface area contributed by atoms with Crippen LogP contribution in [-0.4, -0.2) is 31.2 Å². The van der Waals surface area contributed by atoms with Crippen LogP contribution in [-0.2, 0) is 0 Å². The van der Waals surface area contributed by atoms with Crippen LogP contribution in [0.1, 0.15) is 35.8 Å². The molecule has 0 saturated carbocycles. The van der Waals surface area contributed by atoms with Crippen molar-refractivity contribution in [1.82, 2.24) is 5.32 Å². The summed E-state index contributed by atoms with van der Waals surface area (Å²) in [5.74, 6) is 1.10. The minimum Gasteiger partial charge on any atom is -0.490 e. The summed E-state index contributed by atoms with van der Waals surface area (Å²) in [6.07, 6.45) is 0. The number of nitro groups is 1. The minimum atomic E-state index is -0.573. The number of nitrogens with zero attached hydrogens (tertiary/aromatic N) is 1. The van der Waals surface area contributed by atoms with Crippen LogP contribution in [0.25, 0.3) is 0 Å². The minimum absolute atomic E-state index is 0.0831. The van der Waals surface area contributed by atoms with Gasteiger partial charge in [0, 0.05) is 11.6 Å². The normalized spacial score (nSPS) is 13.7. The molecule has 8 heteroatoms. The number of carbonyl (C=O) groups is 1. The van der Waals surface area contributed by atoms with E-state index in [9.17, 15) is 14.9 Å². The molecule has 0 fully saturated rings. The van der Waals surface area contributed by atoms with Crippen molar-refractivity contribution in [1.29, 1.82) is 0 Å². The Bertz CT molecular complexity index is 896. The van der Waals surface area contributed by atoms with Crippen molar-refractivity contribution in [3.8, 4) is 17.2 Å². The maximum absolute atomic E-state index is 12.8. The first-order valence-electron chi connectivity index (χ1n) is 8.93. The highest BCUT2D eigenvalue weighted by Crippen LogP contribution is 2.35. The molecule has 8 nitrogen and oxygen atoms in total. The lowest BCUT2D eigenvalue weighted by Gasteiger charge is -2.25. The van der Waals surface area contributed by atoms with E-state index in [1.165, 1.54) is 25.3 Å². The van der Waals surface area contributed by atoms with Crippen molar-refractivity contribution >= 4 is 11.6 Å². The van der Waals surface area contributed by atoms with Crippen molar-refractivity contribution in [3.63, 3.8) is 0 Å². The van der Waals surface area contributed by atoms with Gasteiger partial charge in [-0.3, -0.25) is 14.9 Å². The Morgan fingerprint density at radius 3 is 2.50 bits per heavy atom. The predicted octanol–water partition coefficient (Wildman–Crippen LogP) is 3.50. The van der Waals surface area contributed by atoms with Gasteiger partial charge in [0.05, 0.1) is 18.1 Å². The van der Waals surface area contributed by atoms with Gasteiger partial charge in [-0.25, -0.2) is 0 Å². The van der Waals surface area contributed by atoms with Crippen molar-refractivity contribution in [3.05, 3.63) is 57.6 Å². The van der Waals surface area contributed by atoms with Gasteiger partial charge in [0.15, 0.2) is 17.2 Å². The molecule has 1 N–H and O–H groups in total. The van der Waals surface area contributed by atoms with E-state index in [1.54, 1.807) is 0 Å². The zero-order valence-corrected chi connectivity index (χ0v) is 15.9. The second kappa shape index (κ2) is 8.16. The summed E-state index contributed by atoms with van der Waals surface area (Å²) in [5, 5.41) is 14.2. The van der Waals surface area contributed by atoms with E-state index < -0.39 is 10.8 Å². The number of hydrogen-bond acceptors (Lipinski definition) is 6. The number of methoxy groups -OCH3 is 1. The summed E-state index contributed by atoms with van der Waals surface area (Å²) in [6, 6.07) is 9.40. The number of rotatable bonds is 6. The van der Waals surface area contributed by atoms with E-state index >= 15 is 0 Å². The van der Waals surface area contributed by atoms with Gasteiger partial charge < -0.3 is 19.5 Å². The first kappa shape index (κ1) is 19.5. The molecule has 1 aliphatic rings. The molecule has 0 aliphatic carbocycles. The van der Waals surface area contributed by atoms with E-state index in [0.717, 1.165) is 5.56 Å². The van der Waals surface area contributed by atoms with E-state index in [0.29, 0.717) is 24.7 Å². The Labute approximate surface area is 162 Å². The summed E-state index contributed by atoms with van der Waals surface area (Å²) in [7, 11) is 1.35. The standard InChI is InChI=1S/C20H22N2O6/c1-12(2)19(13-4-7-17-18(11-13)28-9-8-27-17)21-20(23)14-5-6-16(26-3)15(10-14)22(24)25/h4-7,10-12,19H,8-9H2,1-3H3,(H,21,23)/t19-/m0/s1. The molecule has 1 atom stereocenters. The van der Waals surface area contributed by atoms with E-state index in [-0.39, 0.29) is 29.0 Å². The zero-order valence-electron chi connectivity index (χ0n) is 15.9. The molecule has 148 valence electrons. The molecular formula is C20H22N2O6. The molecule has 3 rings (SSSR count). The first-order valence-corrected chi connectivity index (χ1v) is 8.93. The second-order valence-corrected chi connectivity index (χ2v) is 6.74. The second-order valence-electron chi connectivity index (χ2n) is 6.74. The average Bonchev–Trinajstić information content (AvgIpc) is 2.70. The molecule has 0 radical (unpaired) electrons. The fourth-order valence-electron chi connectivity index (χ4n) is 3.09.